The van der Waals surface area contributed by atoms with Crippen LogP contribution in [0.1, 0.15) is 18.4 Å². The molecule has 0 spiro atoms. The number of para-hydroxylation sites is 1. The summed E-state index contributed by atoms with van der Waals surface area (Å²) in [6.07, 6.45) is 1.84. The van der Waals surface area contributed by atoms with Crippen LogP contribution < -0.4 is 10.6 Å². The first kappa shape index (κ1) is 20.0. The molecule has 9 heteroatoms. The summed E-state index contributed by atoms with van der Waals surface area (Å²) in [5.74, 6) is -2.39. The summed E-state index contributed by atoms with van der Waals surface area (Å²) in [6, 6.07) is 5.47. The van der Waals surface area contributed by atoms with Gasteiger partial charge in [-0.15, -0.1) is 0 Å². The Balaban J connectivity index is 2.15. The fraction of sp³-hybridized carbons (Fsp3) is 0.333. The molecule has 2 rings (SSSR count). The number of aliphatic carboxylic acids is 1. The van der Waals surface area contributed by atoms with Crippen LogP contribution in [-0.4, -0.2) is 53.5 Å². The summed E-state index contributed by atoms with van der Waals surface area (Å²) in [7, 11) is 1.21. The number of fused-ring (bicyclic) bond motifs is 1. The highest BCUT2D eigenvalue weighted by Crippen LogP contribution is 2.19. The van der Waals surface area contributed by atoms with E-state index in [1.54, 1.807) is 6.20 Å². The van der Waals surface area contributed by atoms with Crippen molar-refractivity contribution in [1.29, 1.82) is 0 Å². The predicted octanol–water partition coefficient (Wildman–Crippen LogP) is 0.348. The van der Waals surface area contributed by atoms with Crippen LogP contribution in [0.4, 0.5) is 0 Å². The maximum absolute atomic E-state index is 12.4. The van der Waals surface area contributed by atoms with Crippen molar-refractivity contribution in [1.82, 2.24) is 15.6 Å². The van der Waals surface area contributed by atoms with Gasteiger partial charge in [0, 0.05) is 29.9 Å². The van der Waals surface area contributed by atoms with Crippen LogP contribution in [0.25, 0.3) is 10.9 Å². The van der Waals surface area contributed by atoms with Crippen molar-refractivity contribution >= 4 is 35.2 Å². The summed E-state index contributed by atoms with van der Waals surface area (Å²) in [5.41, 5.74) is 1.70. The average Bonchev–Trinajstić information content (AvgIpc) is 3.06. The molecular formula is C18H21N3O6. The first-order valence-electron chi connectivity index (χ1n) is 8.31. The van der Waals surface area contributed by atoms with Crippen LogP contribution in [0.2, 0.25) is 0 Å². The summed E-state index contributed by atoms with van der Waals surface area (Å²) in [5, 5.41) is 14.5. The molecular weight excluding hydrogens is 354 g/mol. The third kappa shape index (κ3) is 5.30. The second kappa shape index (κ2) is 9.37. The lowest BCUT2D eigenvalue weighted by Crippen LogP contribution is -2.51. The Morgan fingerprint density at radius 2 is 2.00 bits per heavy atom. The van der Waals surface area contributed by atoms with Crippen molar-refractivity contribution in [3.63, 3.8) is 0 Å². The lowest BCUT2D eigenvalue weighted by atomic mass is 10.0. The number of aromatic nitrogens is 1. The van der Waals surface area contributed by atoms with Crippen LogP contribution >= 0.6 is 0 Å². The van der Waals surface area contributed by atoms with Gasteiger partial charge in [-0.25, -0.2) is 4.79 Å². The summed E-state index contributed by atoms with van der Waals surface area (Å²) in [6.45, 7) is 0. The Bertz CT molecular complexity index is 831. The van der Waals surface area contributed by atoms with Gasteiger partial charge in [-0.1, -0.05) is 18.2 Å². The van der Waals surface area contributed by atoms with Gasteiger partial charge in [0.05, 0.1) is 7.11 Å². The molecule has 1 aromatic heterocycles. The number of rotatable bonds is 10. The SMILES string of the molecule is COC(=O)[C@H](Cc1c[nH]c2ccccc12)NC(=O)[C@H](CCC(=O)O)NC=O. The number of carboxylic acid groups (broad SMARTS) is 1. The number of carbonyl (C=O) groups is 4. The summed E-state index contributed by atoms with van der Waals surface area (Å²) >= 11 is 0. The van der Waals surface area contributed by atoms with Crippen LogP contribution in [0.5, 0.6) is 0 Å². The molecule has 0 saturated heterocycles. The average molecular weight is 375 g/mol. The number of hydrogen-bond acceptors (Lipinski definition) is 5. The second-order valence-electron chi connectivity index (χ2n) is 5.92. The minimum absolute atomic E-state index is 0.0963. The second-order valence-corrected chi connectivity index (χ2v) is 5.92. The van der Waals surface area contributed by atoms with Crippen molar-refractivity contribution in [3.8, 4) is 0 Å². The first-order chi connectivity index (χ1) is 13.0. The fourth-order valence-corrected chi connectivity index (χ4v) is 2.77. The molecule has 0 aliphatic carbocycles. The van der Waals surface area contributed by atoms with E-state index in [1.165, 1.54) is 7.11 Å². The molecule has 9 nitrogen and oxygen atoms in total. The van der Waals surface area contributed by atoms with Gasteiger partial charge in [-0.2, -0.15) is 0 Å². The molecule has 0 saturated carbocycles. The van der Waals surface area contributed by atoms with E-state index in [9.17, 15) is 19.2 Å². The van der Waals surface area contributed by atoms with Gasteiger partial charge in [0.2, 0.25) is 12.3 Å². The Kier molecular flexibility index (Phi) is 6.93. The molecule has 0 unspecified atom stereocenters. The normalized spacial score (nSPS) is 12.8. The number of esters is 1. The maximum Gasteiger partial charge on any atom is 0.328 e. The quantitative estimate of drug-likeness (QED) is 0.349. The minimum Gasteiger partial charge on any atom is -0.481 e. The Morgan fingerprint density at radius 3 is 2.67 bits per heavy atom. The van der Waals surface area contributed by atoms with Crippen LogP contribution in [0, 0.1) is 0 Å². The molecule has 1 aromatic carbocycles. The van der Waals surface area contributed by atoms with Crippen LogP contribution in [0.3, 0.4) is 0 Å². The number of hydrogen-bond donors (Lipinski definition) is 4. The monoisotopic (exact) mass is 375 g/mol. The topological polar surface area (TPSA) is 138 Å². The van der Waals surface area contributed by atoms with E-state index >= 15 is 0 Å². The zero-order valence-corrected chi connectivity index (χ0v) is 14.7. The number of aromatic amines is 1. The Hall–Kier alpha value is -3.36. The van der Waals surface area contributed by atoms with Crippen molar-refractivity contribution < 1.29 is 29.0 Å². The largest absolute Gasteiger partial charge is 0.481 e. The maximum atomic E-state index is 12.4. The zero-order chi connectivity index (χ0) is 19.8. The van der Waals surface area contributed by atoms with Gasteiger partial charge in [0.25, 0.3) is 0 Å². The lowest BCUT2D eigenvalue weighted by molar-refractivity contribution is -0.145. The fourth-order valence-electron chi connectivity index (χ4n) is 2.77. The van der Waals surface area contributed by atoms with E-state index in [0.717, 1.165) is 16.5 Å². The molecule has 0 aliphatic rings. The number of amides is 2. The highest BCUT2D eigenvalue weighted by molar-refractivity contribution is 5.90. The van der Waals surface area contributed by atoms with Gasteiger partial charge < -0.3 is 25.5 Å². The van der Waals surface area contributed by atoms with E-state index < -0.39 is 29.9 Å². The molecule has 0 radical (unpaired) electrons. The van der Waals surface area contributed by atoms with Gasteiger partial charge >= 0.3 is 11.9 Å². The number of ether oxygens (including phenoxy) is 1. The number of methoxy groups -OCH3 is 1. The van der Waals surface area contributed by atoms with Gasteiger partial charge in [-0.3, -0.25) is 14.4 Å². The predicted molar refractivity (Wildman–Crippen MR) is 95.8 cm³/mol. The third-order valence-electron chi connectivity index (χ3n) is 4.13. The zero-order valence-electron chi connectivity index (χ0n) is 14.7. The molecule has 0 fully saturated rings. The number of nitrogens with one attached hydrogen (secondary N) is 3. The molecule has 27 heavy (non-hydrogen) atoms. The van der Waals surface area contributed by atoms with Gasteiger partial charge in [0.1, 0.15) is 12.1 Å². The van der Waals surface area contributed by atoms with Crippen molar-refractivity contribution in [2.45, 2.75) is 31.3 Å². The Morgan fingerprint density at radius 1 is 1.26 bits per heavy atom. The highest BCUT2D eigenvalue weighted by Gasteiger charge is 2.27. The molecule has 0 bridgehead atoms. The van der Waals surface area contributed by atoms with E-state index in [-0.39, 0.29) is 19.3 Å². The van der Waals surface area contributed by atoms with Gasteiger partial charge in [0.15, 0.2) is 0 Å². The molecule has 4 N–H and O–H groups in total. The molecule has 2 atom stereocenters. The number of benzene rings is 1. The van der Waals surface area contributed by atoms with E-state index in [1.807, 2.05) is 24.3 Å². The molecule has 1 heterocycles. The number of carbonyl (C=O) groups excluding carboxylic acids is 3. The third-order valence-corrected chi connectivity index (χ3v) is 4.13. The molecule has 0 aliphatic heterocycles. The van der Waals surface area contributed by atoms with E-state index in [0.29, 0.717) is 6.41 Å². The molecule has 2 aromatic rings. The van der Waals surface area contributed by atoms with Crippen LogP contribution in [0.15, 0.2) is 30.5 Å². The molecule has 144 valence electrons. The van der Waals surface area contributed by atoms with Crippen molar-refractivity contribution in [2.75, 3.05) is 7.11 Å². The van der Waals surface area contributed by atoms with Gasteiger partial charge in [-0.05, 0) is 18.1 Å². The van der Waals surface area contributed by atoms with Crippen LogP contribution in [-0.2, 0) is 30.3 Å². The molecule has 2 amide bonds. The highest BCUT2D eigenvalue weighted by atomic mass is 16.5. The summed E-state index contributed by atoms with van der Waals surface area (Å²) < 4.78 is 4.76. The standard InChI is InChI=1S/C18H21N3O6/c1-27-18(26)15(8-11-9-19-13-5-3-2-4-12(11)13)21-17(25)14(20-10-22)6-7-16(23)24/h2-5,9-10,14-15,19H,6-8H2,1H3,(H,20,22)(H,21,25)(H,23,24)/t14-,15-/m0/s1. The minimum atomic E-state index is -1.09. The first-order valence-corrected chi connectivity index (χ1v) is 8.31. The van der Waals surface area contributed by atoms with Crippen molar-refractivity contribution in [2.24, 2.45) is 0 Å². The van der Waals surface area contributed by atoms with E-state index in [2.05, 4.69) is 15.6 Å². The number of H-pyrrole nitrogens is 1. The van der Waals surface area contributed by atoms with Crippen molar-refractivity contribution in [3.05, 3.63) is 36.0 Å². The lowest BCUT2D eigenvalue weighted by Gasteiger charge is -2.20. The smallest absolute Gasteiger partial charge is 0.328 e. The number of carboxylic acids is 1. The Labute approximate surface area is 155 Å². The van der Waals surface area contributed by atoms with E-state index in [4.69, 9.17) is 9.84 Å². The summed E-state index contributed by atoms with van der Waals surface area (Å²) in [4.78, 5) is 49.1.